The topological polar surface area (TPSA) is 20.2 Å². The largest absolute Gasteiger partial charge is 0.392 e. The molecule has 0 aromatic carbocycles. The van der Waals surface area contributed by atoms with Gasteiger partial charge in [-0.1, -0.05) is 0 Å². The van der Waals surface area contributed by atoms with E-state index in [1.807, 2.05) is 5.38 Å². The van der Waals surface area contributed by atoms with Crippen molar-refractivity contribution in [1.29, 1.82) is 0 Å². The molecule has 7 heavy (non-hydrogen) atoms. The molecule has 0 aliphatic rings. The van der Waals surface area contributed by atoms with Gasteiger partial charge in [-0.15, -0.1) is 11.3 Å². The van der Waals surface area contributed by atoms with Gasteiger partial charge in [-0.2, -0.15) is 0 Å². The monoisotopic (exact) mass is 113 g/mol. The fraction of sp³-hybridized carbons (Fsp3) is 0.200. The van der Waals surface area contributed by atoms with Crippen molar-refractivity contribution in [2.45, 2.75) is 6.61 Å². The first kappa shape index (κ1) is 4.81. The third-order valence-corrected chi connectivity index (χ3v) is 1.38. The molecule has 0 fully saturated rings. The Morgan fingerprint density at radius 3 is 3.00 bits per heavy atom. The van der Waals surface area contributed by atoms with Crippen LogP contribution in [-0.2, 0) is 6.61 Å². The van der Waals surface area contributed by atoms with Crippen LogP contribution >= 0.6 is 11.3 Å². The van der Waals surface area contributed by atoms with Gasteiger partial charge in [-0.05, 0) is 17.0 Å². The second-order valence-electron chi connectivity index (χ2n) is 1.23. The number of aliphatic hydroxyl groups excluding tert-OH is 1. The molecule has 0 saturated heterocycles. The lowest BCUT2D eigenvalue weighted by Crippen LogP contribution is -1.72. The van der Waals surface area contributed by atoms with Gasteiger partial charge in [0.05, 0.1) is 6.61 Å². The predicted molar refractivity (Wildman–Crippen MR) is 29.1 cm³/mol. The van der Waals surface area contributed by atoms with E-state index in [0.717, 1.165) is 5.56 Å². The summed E-state index contributed by atoms with van der Waals surface area (Å²) in [7, 11) is 0. The zero-order chi connectivity index (χ0) is 5.11. The lowest BCUT2D eigenvalue weighted by atomic mass is 10.4. The highest BCUT2D eigenvalue weighted by Crippen LogP contribution is 2.02. The fourth-order valence-corrected chi connectivity index (χ4v) is 0.918. The molecule has 1 aromatic heterocycles. The molecule has 0 aliphatic carbocycles. The van der Waals surface area contributed by atoms with E-state index in [-0.39, 0.29) is 6.61 Å². The lowest BCUT2D eigenvalue weighted by Gasteiger charge is -1.78. The first-order valence-corrected chi connectivity index (χ1v) is 2.86. The fourth-order valence-electron chi connectivity index (χ4n) is 0.336. The SMILES string of the molecule is OCc1c[c]sc1. The highest BCUT2D eigenvalue weighted by molar-refractivity contribution is 7.07. The maximum Gasteiger partial charge on any atom is 0.0690 e. The Balaban J connectivity index is 2.76. The minimum Gasteiger partial charge on any atom is -0.392 e. The maximum absolute atomic E-state index is 8.41. The standard InChI is InChI=1S/C5H5OS/c6-3-5-1-2-7-4-5/h1,4,6H,3H2. The smallest absolute Gasteiger partial charge is 0.0690 e. The van der Waals surface area contributed by atoms with E-state index in [4.69, 9.17) is 5.11 Å². The first-order chi connectivity index (χ1) is 3.43. The van der Waals surface area contributed by atoms with Gasteiger partial charge in [0.15, 0.2) is 0 Å². The van der Waals surface area contributed by atoms with Crippen LogP contribution in [0.4, 0.5) is 0 Å². The van der Waals surface area contributed by atoms with Crippen LogP contribution in [0.25, 0.3) is 0 Å². The quantitative estimate of drug-likeness (QED) is 0.577. The van der Waals surface area contributed by atoms with E-state index in [0.29, 0.717) is 0 Å². The Labute approximate surface area is 46.2 Å². The molecule has 1 N–H and O–H groups in total. The summed E-state index contributed by atoms with van der Waals surface area (Å²) >= 11 is 1.48. The number of aliphatic hydroxyl groups is 1. The zero-order valence-electron chi connectivity index (χ0n) is 3.72. The molecular weight excluding hydrogens is 108 g/mol. The summed E-state index contributed by atoms with van der Waals surface area (Å²) in [6, 6.07) is 1.78. The summed E-state index contributed by atoms with van der Waals surface area (Å²) in [6.45, 7) is 0.139. The van der Waals surface area contributed by atoms with Gasteiger partial charge >= 0.3 is 0 Å². The predicted octanol–water partition coefficient (Wildman–Crippen LogP) is 1.04. The molecule has 1 nitrogen and oxygen atoms in total. The molecule has 0 unspecified atom stereocenters. The second-order valence-corrected chi connectivity index (χ2v) is 1.94. The minimum atomic E-state index is 0.139. The van der Waals surface area contributed by atoms with Crippen LogP contribution in [0, 0.1) is 5.38 Å². The molecule has 0 saturated carbocycles. The Kier molecular flexibility index (Phi) is 1.44. The van der Waals surface area contributed by atoms with Gasteiger partial charge in [-0.3, -0.25) is 0 Å². The highest BCUT2D eigenvalue weighted by Gasteiger charge is 1.84. The van der Waals surface area contributed by atoms with Crippen LogP contribution in [0.1, 0.15) is 5.56 Å². The van der Waals surface area contributed by atoms with Crippen molar-refractivity contribution in [2.75, 3.05) is 0 Å². The van der Waals surface area contributed by atoms with E-state index in [2.05, 4.69) is 5.38 Å². The van der Waals surface area contributed by atoms with Crippen molar-refractivity contribution in [2.24, 2.45) is 0 Å². The molecule has 0 amide bonds. The third kappa shape index (κ3) is 1.01. The van der Waals surface area contributed by atoms with Crippen molar-refractivity contribution in [3.63, 3.8) is 0 Å². The number of hydrogen-bond donors (Lipinski definition) is 1. The molecule has 1 rings (SSSR count). The van der Waals surface area contributed by atoms with Crippen LogP contribution in [0.2, 0.25) is 0 Å². The number of thiophene rings is 1. The normalized spacial score (nSPS) is 9.29. The van der Waals surface area contributed by atoms with Crippen molar-refractivity contribution in [3.8, 4) is 0 Å². The van der Waals surface area contributed by atoms with E-state index in [9.17, 15) is 0 Å². The van der Waals surface area contributed by atoms with Gasteiger partial charge in [0.1, 0.15) is 0 Å². The van der Waals surface area contributed by atoms with Crippen LogP contribution in [-0.4, -0.2) is 5.11 Å². The Morgan fingerprint density at radius 1 is 1.86 bits per heavy atom. The highest BCUT2D eigenvalue weighted by atomic mass is 32.1. The van der Waals surface area contributed by atoms with Crippen LogP contribution < -0.4 is 0 Å². The van der Waals surface area contributed by atoms with Crippen molar-refractivity contribution < 1.29 is 5.11 Å². The van der Waals surface area contributed by atoms with Crippen molar-refractivity contribution in [3.05, 3.63) is 22.4 Å². The minimum absolute atomic E-state index is 0.139. The molecular formula is C5H5OS. The third-order valence-electron chi connectivity index (χ3n) is 0.705. The molecule has 1 aromatic rings. The summed E-state index contributed by atoms with van der Waals surface area (Å²) in [5.74, 6) is 0. The molecule has 0 bridgehead atoms. The molecule has 2 heteroatoms. The molecule has 0 aliphatic heterocycles. The first-order valence-electron chi connectivity index (χ1n) is 1.98. The Morgan fingerprint density at radius 2 is 2.71 bits per heavy atom. The van der Waals surface area contributed by atoms with Gasteiger partial charge in [0, 0.05) is 5.38 Å². The molecule has 1 radical (unpaired) electrons. The molecule has 0 spiro atoms. The van der Waals surface area contributed by atoms with Crippen molar-refractivity contribution >= 4 is 11.3 Å². The van der Waals surface area contributed by atoms with Crippen LogP contribution in [0.3, 0.4) is 0 Å². The number of rotatable bonds is 1. The van der Waals surface area contributed by atoms with Gasteiger partial charge in [0.25, 0.3) is 0 Å². The Hall–Kier alpha value is -0.340. The average molecular weight is 113 g/mol. The maximum atomic E-state index is 8.41. The van der Waals surface area contributed by atoms with Crippen molar-refractivity contribution in [1.82, 2.24) is 0 Å². The van der Waals surface area contributed by atoms with Crippen LogP contribution in [0.15, 0.2) is 11.4 Å². The number of hydrogen-bond acceptors (Lipinski definition) is 2. The van der Waals surface area contributed by atoms with E-state index >= 15 is 0 Å². The molecule has 1 heterocycles. The van der Waals surface area contributed by atoms with E-state index in [1.165, 1.54) is 11.3 Å². The van der Waals surface area contributed by atoms with E-state index < -0.39 is 0 Å². The summed E-state index contributed by atoms with van der Waals surface area (Å²) in [4.78, 5) is 0. The average Bonchev–Trinajstić information content (AvgIpc) is 2.14. The summed E-state index contributed by atoms with van der Waals surface area (Å²) < 4.78 is 0. The summed E-state index contributed by atoms with van der Waals surface area (Å²) in [5, 5.41) is 13.2. The summed E-state index contributed by atoms with van der Waals surface area (Å²) in [6.07, 6.45) is 0. The van der Waals surface area contributed by atoms with Gasteiger partial charge in [0.2, 0.25) is 0 Å². The zero-order valence-corrected chi connectivity index (χ0v) is 4.53. The summed E-state index contributed by atoms with van der Waals surface area (Å²) in [5.41, 5.74) is 0.949. The molecule has 37 valence electrons. The lowest BCUT2D eigenvalue weighted by molar-refractivity contribution is 0.282. The van der Waals surface area contributed by atoms with Gasteiger partial charge < -0.3 is 5.11 Å². The Bertz CT molecular complexity index is 123. The van der Waals surface area contributed by atoms with E-state index in [1.54, 1.807) is 6.07 Å². The van der Waals surface area contributed by atoms with Crippen LogP contribution in [0.5, 0.6) is 0 Å². The van der Waals surface area contributed by atoms with Gasteiger partial charge in [-0.25, -0.2) is 0 Å². The second kappa shape index (κ2) is 2.09. The molecule has 0 atom stereocenters.